The molecule has 0 spiro atoms. The molecule has 0 amide bonds. The molecule has 4 aromatic carbocycles. The van der Waals surface area contributed by atoms with Crippen LogP contribution in [0.25, 0.3) is 22.2 Å². The number of aromatic nitrogens is 6. The number of aromatic amines is 1. The van der Waals surface area contributed by atoms with Gasteiger partial charge < -0.3 is 24.6 Å². The Balaban J connectivity index is 0.000000382. The molecule has 2 N–H and O–H groups in total. The Morgan fingerprint density at radius 3 is 1.57 bits per heavy atom. The molecule has 0 saturated carbocycles. The van der Waals surface area contributed by atoms with Crippen molar-refractivity contribution in [3.63, 3.8) is 0 Å². The van der Waals surface area contributed by atoms with Gasteiger partial charge in [-0.05, 0) is 113 Å². The molecule has 0 radical (unpaired) electrons. The van der Waals surface area contributed by atoms with Crippen molar-refractivity contribution in [1.29, 1.82) is 10.5 Å². The molecule has 354 valence electrons. The average Bonchev–Trinajstić information content (AvgIpc) is 4.15. The molecule has 2 atom stereocenters. The van der Waals surface area contributed by atoms with E-state index in [1.54, 1.807) is 25.1 Å². The summed E-state index contributed by atoms with van der Waals surface area (Å²) in [5.41, 5.74) is -4.35. The number of halogens is 11. The van der Waals surface area contributed by atoms with Crippen LogP contribution in [0, 0.1) is 28.5 Å². The molecule has 2 unspecified atom stereocenters. The Hall–Kier alpha value is -3.42. The topological polar surface area (TPSA) is 207 Å². The van der Waals surface area contributed by atoms with Crippen LogP contribution in [0.2, 0.25) is 20.1 Å². The molecular weight excluding hydrogens is 1080 g/mol. The van der Waals surface area contributed by atoms with Gasteiger partial charge in [0.05, 0.1) is 30.0 Å². The molecule has 0 aliphatic carbocycles. The van der Waals surface area contributed by atoms with Gasteiger partial charge in [0, 0.05) is 20.1 Å². The van der Waals surface area contributed by atoms with E-state index in [4.69, 9.17) is 76.6 Å². The molecule has 6 aromatic rings. The van der Waals surface area contributed by atoms with Gasteiger partial charge in [0.15, 0.2) is 0 Å². The van der Waals surface area contributed by atoms with E-state index in [-0.39, 0.29) is 175 Å². The van der Waals surface area contributed by atoms with Gasteiger partial charge in [0.25, 0.3) is 0 Å². The van der Waals surface area contributed by atoms with Gasteiger partial charge in [0.1, 0.15) is 43.3 Å². The Morgan fingerprint density at radius 1 is 0.786 bits per heavy atom. The Morgan fingerprint density at radius 2 is 1.23 bits per heavy atom. The number of hydrogen-bond donors (Lipinski definition) is 2. The second-order valence-corrected chi connectivity index (χ2v) is 15.0. The Bertz CT molecular complexity index is 2790. The summed E-state index contributed by atoms with van der Waals surface area (Å²) in [6, 6.07) is 19.1. The maximum Gasteiger partial charge on any atom is 1.00 e. The monoisotopic (exact) mass is 1100 g/mol. The molecule has 2 aromatic heterocycles. The van der Waals surface area contributed by atoms with E-state index in [9.17, 15) is 36.0 Å². The minimum atomic E-state index is -4.79. The second kappa shape index (κ2) is 28.7. The number of H-pyrrole nitrogens is 1. The van der Waals surface area contributed by atoms with Crippen molar-refractivity contribution in [3.05, 3.63) is 175 Å². The van der Waals surface area contributed by atoms with Gasteiger partial charge in [-0.1, -0.05) is 65.5 Å². The first-order valence-electron chi connectivity index (χ1n) is 18.5. The van der Waals surface area contributed by atoms with Crippen molar-refractivity contribution in [2.75, 3.05) is 13.2 Å². The molecule has 14 nitrogen and oxygen atoms in total. The predicted molar refractivity (Wildman–Crippen MR) is 234 cm³/mol. The van der Waals surface area contributed by atoms with Gasteiger partial charge in [0.2, 0.25) is 11.2 Å². The maximum atomic E-state index is 14.1. The van der Waals surface area contributed by atoms with E-state index in [0.717, 1.165) is 43.0 Å². The van der Waals surface area contributed by atoms with Crippen molar-refractivity contribution in [2.45, 2.75) is 30.5 Å². The number of hydrogen-bond acceptors (Lipinski definition) is 11. The number of rotatable bonds is 6. The maximum absolute atomic E-state index is 14.1. The fourth-order valence-corrected chi connectivity index (χ4v) is 7.29. The number of nitrogens with zero attached hydrogens (tertiary/aromatic N) is 8. The average molecular weight is 1100 g/mol. The van der Waals surface area contributed by atoms with Gasteiger partial charge in [-0.2, -0.15) is 47.1 Å². The predicted octanol–water partition coefficient (Wildman–Crippen LogP) is 5.20. The third-order valence-corrected chi connectivity index (χ3v) is 9.94. The van der Waals surface area contributed by atoms with E-state index < -0.39 is 29.4 Å². The standard InChI is InChI=1S/C20H11Cl2F3N4O.C18H9Cl2F4NO.C2H3N3.C2H4N.CHO3.2K/c21-16-4-15(5-17(22)6-16)19(20(23,24)25)7-14(9-30-19)12-1-2-18(13(3-12)8-26)29-11-27-10-28-29;19-14-4-13(5-15(20)6-14)17(18(22,23)24)7-12(9-26-17)10-1-2-16(21)11(3-10)8-25;1-3-2-5-4-1;1-2-3;2-1-4-3;;/h1-7,10-11H,9H2;1-7H,9H2;1-2H,(H,3,4,5);2H,1H3;3H;;/q;;;2*-1;2*+1. The van der Waals surface area contributed by atoms with Crippen LogP contribution in [-0.4, -0.2) is 73.5 Å². The smallest absolute Gasteiger partial charge is 0.814 e. The normalized spacial score (nSPS) is 16.6. The van der Waals surface area contributed by atoms with Crippen LogP contribution in [0.1, 0.15) is 40.3 Å². The van der Waals surface area contributed by atoms with Crippen LogP contribution in [-0.2, 0) is 30.4 Å². The molecule has 0 fully saturated rings. The molecule has 0 bridgehead atoms. The van der Waals surface area contributed by atoms with E-state index in [1.165, 1.54) is 72.5 Å². The van der Waals surface area contributed by atoms with E-state index >= 15 is 0 Å². The van der Waals surface area contributed by atoms with Crippen LogP contribution >= 0.6 is 46.4 Å². The summed E-state index contributed by atoms with van der Waals surface area (Å²) in [6.45, 7) is 1.61. The number of nitrogens with one attached hydrogen (secondary N) is 1. The summed E-state index contributed by atoms with van der Waals surface area (Å²) in [7, 11) is 0. The summed E-state index contributed by atoms with van der Waals surface area (Å²) in [6.07, 6.45) is -0.950. The van der Waals surface area contributed by atoms with Crippen molar-refractivity contribution in [1.82, 2.24) is 29.9 Å². The molecule has 70 heavy (non-hydrogen) atoms. The number of alkyl halides is 6. The molecule has 2 aliphatic rings. The fourth-order valence-electron chi connectivity index (χ4n) is 6.23. The van der Waals surface area contributed by atoms with E-state index in [2.05, 4.69) is 30.2 Å². The molecule has 8 rings (SSSR count). The van der Waals surface area contributed by atoms with Gasteiger partial charge >= 0.3 is 115 Å². The van der Waals surface area contributed by atoms with E-state index in [1.807, 2.05) is 6.07 Å². The van der Waals surface area contributed by atoms with Crippen LogP contribution in [0.5, 0.6) is 0 Å². The van der Waals surface area contributed by atoms with Crippen LogP contribution < -0.4 is 103 Å². The summed E-state index contributed by atoms with van der Waals surface area (Å²) < 4.78 is 109. The van der Waals surface area contributed by atoms with Crippen molar-refractivity contribution < 1.29 is 158 Å². The zero-order valence-electron chi connectivity index (χ0n) is 36.2. The number of ether oxygens (including phenoxy) is 2. The number of benzene rings is 4. The Labute approximate surface area is 498 Å². The van der Waals surface area contributed by atoms with Crippen molar-refractivity contribution >= 4 is 70.2 Å². The third kappa shape index (κ3) is 16.0. The summed E-state index contributed by atoms with van der Waals surface area (Å²) in [5.74, 6) is -0.750. The SMILES string of the molecule is CC=[N-].N#Cc1cc(C2=CC(c3cc(Cl)cc(Cl)c3)(C(F)(F)F)OC2)ccc1-n1cncn1.N#Cc1cc(C2=CC(c3cc(Cl)cc(Cl)c3)(C(F)(F)F)OC2)ccc1F.O=[C-]OO.[K+].[K+].c1nc[nH]n1. The summed E-state index contributed by atoms with van der Waals surface area (Å²) in [4.78, 5) is 18.7. The molecule has 4 heterocycles. The molecule has 2 aliphatic heterocycles. The first-order chi connectivity index (χ1) is 32.2. The number of nitriles is 2. The van der Waals surface area contributed by atoms with Crippen LogP contribution in [0.3, 0.4) is 0 Å². The van der Waals surface area contributed by atoms with Gasteiger partial charge in [-0.15, -0.1) is 0 Å². The zero-order chi connectivity index (χ0) is 50.3. The van der Waals surface area contributed by atoms with Crippen LogP contribution in [0.4, 0.5) is 30.7 Å². The van der Waals surface area contributed by atoms with Crippen molar-refractivity contribution in [2.24, 2.45) is 0 Å². The first-order valence-corrected chi connectivity index (χ1v) is 20.0. The van der Waals surface area contributed by atoms with Gasteiger partial charge in [-0.25, -0.2) is 30.5 Å². The minimum Gasteiger partial charge on any atom is -0.814 e. The first kappa shape index (κ1) is 62.7. The van der Waals surface area contributed by atoms with E-state index in [0.29, 0.717) is 11.3 Å². The molecular formula is C43H28Cl4F7K2N9O5. The van der Waals surface area contributed by atoms with Crippen molar-refractivity contribution in [3.8, 4) is 17.8 Å². The summed E-state index contributed by atoms with van der Waals surface area (Å²) >= 11 is 23.5. The summed E-state index contributed by atoms with van der Waals surface area (Å²) in [5, 5.41) is 43.0. The quantitative estimate of drug-likeness (QED) is 0.0554. The van der Waals surface area contributed by atoms with Gasteiger partial charge in [-0.3, -0.25) is 5.10 Å². The second-order valence-electron chi connectivity index (χ2n) is 13.3. The number of carbonyl (C=O) groups excluding carboxylic acids is 1. The molecule has 27 heteroatoms. The largest absolute Gasteiger partial charge is 1.00 e. The van der Waals surface area contributed by atoms with Crippen LogP contribution in [0.15, 0.2) is 110 Å². The Kier molecular flexibility index (Phi) is 25.7. The molecule has 0 saturated heterocycles. The third-order valence-electron chi connectivity index (χ3n) is 9.07. The zero-order valence-corrected chi connectivity index (χ0v) is 45.5. The fraction of sp³-hybridized carbons (Fsp3) is 0.163. The minimum absolute atomic E-state index is 0.